The first-order valence-electron chi connectivity index (χ1n) is 6.49. The molecular formula is C15H17N2OP. The zero-order valence-electron chi connectivity index (χ0n) is 11.3. The summed E-state index contributed by atoms with van der Waals surface area (Å²) in [6.45, 7) is 3.02. The van der Waals surface area contributed by atoms with Crippen molar-refractivity contribution >= 4 is 24.5 Å². The smallest absolute Gasteiger partial charge is 0.0658 e. The number of fused-ring (bicyclic) bond motifs is 3. The van der Waals surface area contributed by atoms with Crippen LogP contribution in [0.5, 0.6) is 0 Å². The minimum absolute atomic E-state index is 0.778. The van der Waals surface area contributed by atoms with E-state index in [1.165, 1.54) is 27.6 Å². The zero-order chi connectivity index (χ0) is 13.4. The lowest BCUT2D eigenvalue weighted by Crippen LogP contribution is -2.12. The van der Waals surface area contributed by atoms with E-state index in [0.717, 1.165) is 19.1 Å². The highest BCUT2D eigenvalue weighted by Gasteiger charge is 2.20. The Balaban J connectivity index is 2.21. The van der Waals surface area contributed by atoms with Crippen LogP contribution in [0, 0.1) is 4.91 Å². The Bertz CT molecular complexity index is 641. The Labute approximate surface area is 114 Å². The van der Waals surface area contributed by atoms with Crippen LogP contribution >= 0.6 is 8.07 Å². The van der Waals surface area contributed by atoms with Crippen LogP contribution in [0.2, 0.25) is 0 Å². The molecule has 19 heavy (non-hydrogen) atoms. The third kappa shape index (κ3) is 2.12. The van der Waals surface area contributed by atoms with E-state index < -0.39 is 8.07 Å². The highest BCUT2D eigenvalue weighted by Crippen LogP contribution is 2.42. The van der Waals surface area contributed by atoms with Crippen LogP contribution in [0.1, 0.15) is 11.1 Å². The Morgan fingerprint density at radius 3 is 2.79 bits per heavy atom. The average molecular weight is 272 g/mol. The van der Waals surface area contributed by atoms with Crippen LogP contribution in [-0.2, 0) is 12.6 Å². The minimum Gasteiger partial charge on any atom is -0.374 e. The fourth-order valence-corrected chi connectivity index (χ4v) is 3.72. The summed E-state index contributed by atoms with van der Waals surface area (Å²) in [6.07, 6.45) is 1.89. The van der Waals surface area contributed by atoms with Crippen molar-refractivity contribution in [3.63, 3.8) is 0 Å². The van der Waals surface area contributed by atoms with Gasteiger partial charge in [0.15, 0.2) is 0 Å². The molecule has 2 aromatic carbocycles. The largest absolute Gasteiger partial charge is 0.374 e. The van der Waals surface area contributed by atoms with Gasteiger partial charge in [-0.25, -0.2) is 0 Å². The molecule has 0 saturated carbocycles. The van der Waals surface area contributed by atoms with Gasteiger partial charge in [-0.2, -0.15) is 0 Å². The van der Waals surface area contributed by atoms with Gasteiger partial charge < -0.3 is 4.90 Å². The second-order valence-electron chi connectivity index (χ2n) is 5.15. The Morgan fingerprint density at radius 2 is 2.05 bits per heavy atom. The summed E-state index contributed by atoms with van der Waals surface area (Å²) in [5, 5.41) is 2.63. The van der Waals surface area contributed by atoms with E-state index in [1.54, 1.807) is 0 Å². The third-order valence-electron chi connectivity index (χ3n) is 3.87. The lowest BCUT2D eigenvalue weighted by molar-refractivity contribution is 0.957. The molecule has 1 unspecified atom stereocenters. The van der Waals surface area contributed by atoms with Crippen molar-refractivity contribution in [1.29, 1.82) is 0 Å². The van der Waals surface area contributed by atoms with Crippen molar-refractivity contribution in [3.8, 4) is 0 Å². The number of rotatable bonds is 3. The number of nitroso groups, excluding NO2 is 1. The normalized spacial score (nSPS) is 15.6. The maximum absolute atomic E-state index is 10.7. The standard InChI is InChI=1S/C15H17N2OP/c1-17-8-7-14-13-6-4-3-5-12(13)11(9-15(14)17)10-19(2)16-18/h3-6,9H,7-8,10H2,1-2H3. The molecule has 2 aromatic rings. The van der Waals surface area contributed by atoms with Gasteiger partial charge in [-0.3, -0.25) is 0 Å². The van der Waals surface area contributed by atoms with Crippen molar-refractivity contribution in [3.05, 3.63) is 46.4 Å². The molecule has 1 aliphatic heterocycles. The molecule has 1 heterocycles. The first-order chi connectivity index (χ1) is 9.20. The second kappa shape index (κ2) is 4.90. The SMILES string of the molecule is CN1CCc2c1cc(CP(C)N=O)c1ccccc21. The van der Waals surface area contributed by atoms with Gasteiger partial charge in [-0.1, -0.05) is 24.3 Å². The molecule has 0 spiro atoms. The number of likely N-dealkylation sites (N-methyl/N-ethyl adjacent to an activating group) is 1. The number of hydrogen-bond acceptors (Lipinski definition) is 3. The van der Waals surface area contributed by atoms with Gasteiger partial charge in [-0.05, 0) is 46.0 Å². The molecule has 0 radical (unpaired) electrons. The van der Waals surface area contributed by atoms with Crippen molar-refractivity contribution in [1.82, 2.24) is 0 Å². The predicted molar refractivity (Wildman–Crippen MR) is 83.3 cm³/mol. The van der Waals surface area contributed by atoms with Gasteiger partial charge in [0.1, 0.15) is 0 Å². The summed E-state index contributed by atoms with van der Waals surface area (Å²) < 4.78 is 0. The van der Waals surface area contributed by atoms with Gasteiger partial charge in [-0.15, -0.1) is 4.91 Å². The molecule has 3 nitrogen and oxygen atoms in total. The molecule has 0 amide bonds. The molecular weight excluding hydrogens is 255 g/mol. The molecule has 0 N–H and O–H groups in total. The number of anilines is 1. The molecule has 0 aliphatic carbocycles. The number of benzene rings is 2. The van der Waals surface area contributed by atoms with Crippen LogP contribution in [0.3, 0.4) is 0 Å². The summed E-state index contributed by atoms with van der Waals surface area (Å²) in [4.78, 5) is 16.2. The monoisotopic (exact) mass is 272 g/mol. The fraction of sp³-hybridized carbons (Fsp3) is 0.333. The summed E-state index contributed by atoms with van der Waals surface area (Å²) in [6, 6.07) is 10.8. The van der Waals surface area contributed by atoms with Crippen LogP contribution in [-0.4, -0.2) is 20.3 Å². The van der Waals surface area contributed by atoms with Crippen molar-refractivity contribution in [2.75, 3.05) is 25.2 Å². The molecule has 98 valence electrons. The predicted octanol–water partition coefficient (Wildman–Crippen LogP) is 4.13. The quantitative estimate of drug-likeness (QED) is 0.621. The summed E-state index contributed by atoms with van der Waals surface area (Å²) >= 11 is 0. The number of nitrogens with zero attached hydrogens (tertiary/aromatic N) is 2. The van der Waals surface area contributed by atoms with E-state index in [-0.39, 0.29) is 0 Å². The highest BCUT2D eigenvalue weighted by atomic mass is 31.1. The average Bonchev–Trinajstić information content (AvgIpc) is 2.81. The molecule has 1 atom stereocenters. The van der Waals surface area contributed by atoms with Gasteiger partial charge >= 0.3 is 0 Å². The second-order valence-corrected chi connectivity index (χ2v) is 6.94. The molecule has 1 aliphatic rings. The van der Waals surface area contributed by atoms with Crippen LogP contribution < -0.4 is 4.90 Å². The fourth-order valence-electron chi connectivity index (χ4n) is 2.90. The van der Waals surface area contributed by atoms with Crippen LogP contribution in [0.4, 0.5) is 5.69 Å². The Hall–Kier alpha value is -1.47. The van der Waals surface area contributed by atoms with Gasteiger partial charge in [0.25, 0.3) is 0 Å². The Morgan fingerprint density at radius 1 is 1.32 bits per heavy atom. The molecule has 0 fully saturated rings. The molecule has 4 heteroatoms. The summed E-state index contributed by atoms with van der Waals surface area (Å²) in [5.41, 5.74) is 4.03. The van der Waals surface area contributed by atoms with E-state index in [1.807, 2.05) is 6.66 Å². The molecule has 0 aromatic heterocycles. The lowest BCUT2D eigenvalue weighted by Gasteiger charge is -2.16. The van der Waals surface area contributed by atoms with E-state index in [9.17, 15) is 4.91 Å². The highest BCUT2D eigenvalue weighted by molar-refractivity contribution is 7.54. The van der Waals surface area contributed by atoms with E-state index in [4.69, 9.17) is 0 Å². The molecule has 0 bridgehead atoms. The lowest BCUT2D eigenvalue weighted by atomic mass is 9.98. The Kier molecular flexibility index (Phi) is 3.24. The van der Waals surface area contributed by atoms with Gasteiger partial charge in [0, 0.05) is 25.4 Å². The zero-order valence-corrected chi connectivity index (χ0v) is 12.2. The number of hydrogen-bond donors (Lipinski definition) is 0. The first kappa shape index (κ1) is 12.6. The summed E-state index contributed by atoms with van der Waals surface area (Å²) in [7, 11) is 1.34. The maximum Gasteiger partial charge on any atom is 0.0658 e. The van der Waals surface area contributed by atoms with E-state index in [0.29, 0.717) is 0 Å². The van der Waals surface area contributed by atoms with Crippen molar-refractivity contribution < 1.29 is 0 Å². The van der Waals surface area contributed by atoms with Gasteiger partial charge in [0.2, 0.25) is 0 Å². The summed E-state index contributed by atoms with van der Waals surface area (Å²) in [5.74, 6) is 0. The van der Waals surface area contributed by atoms with Crippen LogP contribution in [0.15, 0.2) is 35.3 Å². The third-order valence-corrected chi connectivity index (χ3v) is 4.94. The van der Waals surface area contributed by atoms with Crippen molar-refractivity contribution in [2.24, 2.45) is 4.95 Å². The maximum atomic E-state index is 10.7. The van der Waals surface area contributed by atoms with E-state index in [2.05, 4.69) is 47.2 Å². The molecule has 0 saturated heterocycles. The van der Waals surface area contributed by atoms with E-state index >= 15 is 0 Å². The molecule has 3 rings (SSSR count). The van der Waals surface area contributed by atoms with Gasteiger partial charge in [0.05, 0.1) is 8.07 Å². The first-order valence-corrected chi connectivity index (χ1v) is 8.42. The minimum atomic E-state index is -0.798. The van der Waals surface area contributed by atoms with Crippen LogP contribution in [0.25, 0.3) is 10.8 Å². The topological polar surface area (TPSA) is 32.7 Å². The van der Waals surface area contributed by atoms with Crippen molar-refractivity contribution in [2.45, 2.75) is 12.6 Å².